The van der Waals surface area contributed by atoms with E-state index in [9.17, 15) is 14.4 Å². The molecule has 0 aromatic rings. The molecule has 0 aromatic heterocycles. The summed E-state index contributed by atoms with van der Waals surface area (Å²) in [7, 11) is 2.48. The number of hydrogen-bond donors (Lipinski definition) is 0. The minimum Gasteiger partial charge on any atom is -0.469 e. The molecule has 110 valence electrons. The lowest BCUT2D eigenvalue weighted by Gasteiger charge is -2.20. The summed E-state index contributed by atoms with van der Waals surface area (Å²) in [5.74, 6) is -0.859. The Hall–Kier alpha value is -1.79. The van der Waals surface area contributed by atoms with E-state index in [-0.39, 0.29) is 32.0 Å². The van der Waals surface area contributed by atoms with Crippen LogP contribution in [0.15, 0.2) is 0 Å². The first kappa shape index (κ1) is 17.2. The number of carbonyl (C=O) groups is 3. The van der Waals surface area contributed by atoms with Crippen LogP contribution < -0.4 is 0 Å². The Kier molecular flexibility index (Phi) is 8.32. The highest BCUT2D eigenvalue weighted by atomic mass is 16.6. The molecule has 0 saturated heterocycles. The Morgan fingerprint density at radius 3 is 2.11 bits per heavy atom. The van der Waals surface area contributed by atoms with Crippen LogP contribution in [0.25, 0.3) is 0 Å². The topological polar surface area (TPSA) is 82.1 Å². The predicted octanol–water partition coefficient (Wildman–Crippen LogP) is 0.817. The van der Waals surface area contributed by atoms with Gasteiger partial charge in [0.05, 0.1) is 27.2 Å². The number of hydrogen-bond acceptors (Lipinski definition) is 6. The van der Waals surface area contributed by atoms with E-state index in [2.05, 4.69) is 9.47 Å². The summed E-state index contributed by atoms with van der Waals surface area (Å²) in [6.45, 7) is 3.82. The summed E-state index contributed by atoms with van der Waals surface area (Å²) in [5.41, 5.74) is 0. The monoisotopic (exact) mass is 275 g/mol. The van der Waals surface area contributed by atoms with Crippen molar-refractivity contribution in [1.82, 2.24) is 4.90 Å². The molecule has 0 spiro atoms. The summed E-state index contributed by atoms with van der Waals surface area (Å²) in [4.78, 5) is 35.1. The molecule has 0 fully saturated rings. The first-order valence-corrected chi connectivity index (χ1v) is 5.96. The molecule has 7 heteroatoms. The number of methoxy groups -OCH3 is 2. The molecule has 7 nitrogen and oxygen atoms in total. The van der Waals surface area contributed by atoms with E-state index in [1.807, 2.05) is 13.8 Å². The molecule has 0 bridgehead atoms. The third kappa shape index (κ3) is 8.01. The number of ether oxygens (including phenoxy) is 3. The maximum absolute atomic E-state index is 11.7. The van der Waals surface area contributed by atoms with Crippen molar-refractivity contribution in [2.75, 3.05) is 33.9 Å². The number of esters is 2. The van der Waals surface area contributed by atoms with E-state index in [4.69, 9.17) is 4.74 Å². The van der Waals surface area contributed by atoms with Crippen molar-refractivity contribution >= 4 is 18.0 Å². The van der Waals surface area contributed by atoms with Gasteiger partial charge in [0.25, 0.3) is 0 Å². The third-order valence-corrected chi connectivity index (χ3v) is 2.16. The molecule has 0 rings (SSSR count). The second-order valence-electron chi connectivity index (χ2n) is 4.29. The van der Waals surface area contributed by atoms with E-state index in [0.717, 1.165) is 4.90 Å². The lowest BCUT2D eigenvalue weighted by atomic mass is 10.2. The third-order valence-electron chi connectivity index (χ3n) is 2.16. The van der Waals surface area contributed by atoms with Crippen LogP contribution in [0.4, 0.5) is 4.79 Å². The van der Waals surface area contributed by atoms with Crippen LogP contribution in [0.1, 0.15) is 20.3 Å². The Bertz CT molecular complexity index is 315. The van der Waals surface area contributed by atoms with Gasteiger partial charge in [0.15, 0.2) is 0 Å². The van der Waals surface area contributed by atoms with Crippen molar-refractivity contribution in [2.24, 2.45) is 5.92 Å². The second-order valence-corrected chi connectivity index (χ2v) is 4.29. The van der Waals surface area contributed by atoms with E-state index >= 15 is 0 Å². The van der Waals surface area contributed by atoms with Crippen LogP contribution in [0.2, 0.25) is 0 Å². The predicted molar refractivity (Wildman–Crippen MR) is 66.4 cm³/mol. The van der Waals surface area contributed by atoms with E-state index < -0.39 is 18.0 Å². The average Bonchev–Trinajstić information content (AvgIpc) is 2.39. The van der Waals surface area contributed by atoms with Crippen molar-refractivity contribution in [3.63, 3.8) is 0 Å². The minimum atomic E-state index is -0.650. The molecule has 0 atom stereocenters. The lowest BCUT2D eigenvalue weighted by molar-refractivity contribution is -0.144. The number of carbonyl (C=O) groups excluding carboxylic acids is 3. The Labute approximate surface area is 112 Å². The fourth-order valence-electron chi connectivity index (χ4n) is 1.11. The molecule has 0 aliphatic heterocycles. The molecule has 0 N–H and O–H groups in total. The van der Waals surface area contributed by atoms with Gasteiger partial charge in [0.1, 0.15) is 6.54 Å². The highest BCUT2D eigenvalue weighted by molar-refractivity contribution is 5.78. The van der Waals surface area contributed by atoms with Crippen LogP contribution in [0.3, 0.4) is 0 Å². The highest BCUT2D eigenvalue weighted by Crippen LogP contribution is 2.01. The van der Waals surface area contributed by atoms with Gasteiger partial charge < -0.3 is 14.2 Å². The van der Waals surface area contributed by atoms with Crippen molar-refractivity contribution in [3.05, 3.63) is 0 Å². The largest absolute Gasteiger partial charge is 0.469 e. The van der Waals surface area contributed by atoms with E-state index in [0.29, 0.717) is 0 Å². The van der Waals surface area contributed by atoms with Gasteiger partial charge in [-0.15, -0.1) is 0 Å². The maximum atomic E-state index is 11.7. The molecule has 1 amide bonds. The van der Waals surface area contributed by atoms with Gasteiger partial charge in [-0.1, -0.05) is 13.8 Å². The zero-order valence-electron chi connectivity index (χ0n) is 11.8. The van der Waals surface area contributed by atoms with Crippen LogP contribution >= 0.6 is 0 Å². The maximum Gasteiger partial charge on any atom is 0.410 e. The molecular weight excluding hydrogens is 254 g/mol. The second kappa shape index (κ2) is 9.18. The van der Waals surface area contributed by atoms with Gasteiger partial charge in [-0.05, 0) is 5.92 Å². The Balaban J connectivity index is 4.42. The van der Waals surface area contributed by atoms with Gasteiger partial charge in [0, 0.05) is 6.54 Å². The molecule has 0 aliphatic carbocycles. The Morgan fingerprint density at radius 2 is 1.63 bits per heavy atom. The molecule has 19 heavy (non-hydrogen) atoms. The van der Waals surface area contributed by atoms with E-state index in [1.54, 1.807) is 0 Å². The summed E-state index contributed by atoms with van der Waals surface area (Å²) in [6, 6.07) is 0. The smallest absolute Gasteiger partial charge is 0.410 e. The summed E-state index contributed by atoms with van der Waals surface area (Å²) in [6.07, 6.45) is -0.660. The van der Waals surface area contributed by atoms with Crippen LogP contribution in [0, 0.1) is 5.92 Å². The van der Waals surface area contributed by atoms with Gasteiger partial charge in [0.2, 0.25) is 0 Å². The van der Waals surface area contributed by atoms with Crippen LogP contribution in [-0.2, 0) is 23.8 Å². The average molecular weight is 275 g/mol. The zero-order valence-corrected chi connectivity index (χ0v) is 11.8. The number of amides is 1. The van der Waals surface area contributed by atoms with Crippen LogP contribution in [-0.4, -0.2) is 56.8 Å². The molecule has 0 heterocycles. The van der Waals surface area contributed by atoms with Gasteiger partial charge in [-0.25, -0.2) is 4.79 Å². The summed E-state index contributed by atoms with van der Waals surface area (Å²) in [5, 5.41) is 0. The summed E-state index contributed by atoms with van der Waals surface area (Å²) < 4.78 is 14.0. The van der Waals surface area contributed by atoms with Gasteiger partial charge in [-0.3, -0.25) is 14.5 Å². The standard InChI is InChI=1S/C12H21NO6/c1-9(2)8-19-12(16)13(7-11(15)18-4)6-5-10(14)17-3/h9H,5-8H2,1-4H3. The van der Waals surface area contributed by atoms with Crippen LogP contribution in [0.5, 0.6) is 0 Å². The quantitative estimate of drug-likeness (QED) is 0.505. The van der Waals surface area contributed by atoms with Crippen molar-refractivity contribution in [2.45, 2.75) is 20.3 Å². The van der Waals surface area contributed by atoms with Crippen molar-refractivity contribution < 1.29 is 28.6 Å². The fourth-order valence-corrected chi connectivity index (χ4v) is 1.11. The van der Waals surface area contributed by atoms with Crippen molar-refractivity contribution in [1.29, 1.82) is 0 Å². The van der Waals surface area contributed by atoms with Crippen molar-refractivity contribution in [3.8, 4) is 0 Å². The minimum absolute atomic E-state index is 0.00965. The number of rotatable bonds is 7. The molecule has 0 unspecified atom stereocenters. The molecule has 0 aromatic carbocycles. The Morgan fingerprint density at radius 1 is 1.05 bits per heavy atom. The molecule has 0 aliphatic rings. The van der Waals surface area contributed by atoms with E-state index in [1.165, 1.54) is 14.2 Å². The van der Waals surface area contributed by atoms with Gasteiger partial charge in [-0.2, -0.15) is 0 Å². The fraction of sp³-hybridized carbons (Fsp3) is 0.750. The number of nitrogens with zero attached hydrogens (tertiary/aromatic N) is 1. The lowest BCUT2D eigenvalue weighted by Crippen LogP contribution is -2.38. The first-order chi connectivity index (χ1) is 8.90. The zero-order chi connectivity index (χ0) is 14.8. The normalized spacial score (nSPS) is 9.95. The first-order valence-electron chi connectivity index (χ1n) is 5.96. The molecule has 0 saturated carbocycles. The summed E-state index contributed by atoms with van der Waals surface area (Å²) >= 11 is 0. The van der Waals surface area contributed by atoms with Gasteiger partial charge >= 0.3 is 18.0 Å². The molecular formula is C12H21NO6. The molecule has 0 radical (unpaired) electrons. The highest BCUT2D eigenvalue weighted by Gasteiger charge is 2.20. The SMILES string of the molecule is COC(=O)CCN(CC(=O)OC)C(=O)OCC(C)C.